The Bertz CT molecular complexity index is 513. The maximum absolute atomic E-state index is 8.95. The summed E-state index contributed by atoms with van der Waals surface area (Å²) < 4.78 is 0. The molecule has 3 N–H and O–H groups in total. The third-order valence-corrected chi connectivity index (χ3v) is 3.85. The van der Waals surface area contributed by atoms with Gasteiger partial charge >= 0.3 is 0 Å². The molecule has 20 heavy (non-hydrogen) atoms. The molecule has 0 heterocycles. The van der Waals surface area contributed by atoms with Gasteiger partial charge in [-0.3, -0.25) is 0 Å². The molecule has 0 saturated heterocycles. The summed E-state index contributed by atoms with van der Waals surface area (Å²) in [5, 5.41) is 8.95. The van der Waals surface area contributed by atoms with E-state index in [1.54, 1.807) is 11.8 Å². The number of thioether (sulfide) groups is 1. The van der Waals surface area contributed by atoms with Gasteiger partial charge in [0.1, 0.15) is 0 Å². The minimum absolute atomic E-state index is 0. The van der Waals surface area contributed by atoms with E-state index in [4.69, 9.17) is 10.8 Å². The van der Waals surface area contributed by atoms with E-state index in [-0.39, 0.29) is 25.1 Å². The number of hydrogen-bond donors (Lipinski definition) is 2. The van der Waals surface area contributed by atoms with Gasteiger partial charge in [-0.15, -0.1) is 24.2 Å². The Kier molecular flexibility index (Phi) is 7.10. The molecule has 2 aromatic carbocycles. The van der Waals surface area contributed by atoms with Gasteiger partial charge in [0.05, 0.1) is 6.61 Å². The molecule has 0 aliphatic rings. The van der Waals surface area contributed by atoms with Crippen molar-refractivity contribution in [1.82, 2.24) is 0 Å². The number of nitrogens with two attached hydrogens (primary N) is 1. The number of halogens is 1. The zero-order valence-electron chi connectivity index (χ0n) is 11.5. The highest BCUT2D eigenvalue weighted by atomic mass is 35.5. The van der Waals surface area contributed by atoms with Crippen LogP contribution in [0.15, 0.2) is 53.4 Å². The van der Waals surface area contributed by atoms with Crippen LogP contribution in [0.2, 0.25) is 0 Å². The molecule has 0 aliphatic heterocycles. The van der Waals surface area contributed by atoms with E-state index in [1.807, 2.05) is 0 Å². The van der Waals surface area contributed by atoms with Crippen molar-refractivity contribution in [2.75, 3.05) is 12.9 Å². The van der Waals surface area contributed by atoms with Crippen LogP contribution in [0.5, 0.6) is 0 Å². The minimum atomic E-state index is -0.174. The number of aliphatic hydroxyl groups is 1. The van der Waals surface area contributed by atoms with E-state index in [9.17, 15) is 0 Å². The van der Waals surface area contributed by atoms with Crippen molar-refractivity contribution in [2.45, 2.75) is 17.4 Å². The Morgan fingerprint density at radius 3 is 1.95 bits per heavy atom. The maximum atomic E-state index is 8.95. The molecule has 0 radical (unpaired) electrons. The van der Waals surface area contributed by atoms with Crippen LogP contribution in [0, 0.1) is 0 Å². The number of rotatable bonds is 5. The van der Waals surface area contributed by atoms with Crippen molar-refractivity contribution < 1.29 is 5.11 Å². The van der Waals surface area contributed by atoms with E-state index in [0.717, 1.165) is 5.56 Å². The highest BCUT2D eigenvalue weighted by Crippen LogP contribution is 2.23. The number of benzene rings is 2. The molecule has 1 unspecified atom stereocenters. The third kappa shape index (κ3) is 4.53. The summed E-state index contributed by atoms with van der Waals surface area (Å²) in [5.74, 6) is 0. The molecule has 4 heteroatoms. The van der Waals surface area contributed by atoms with E-state index < -0.39 is 0 Å². The van der Waals surface area contributed by atoms with Crippen molar-refractivity contribution in [3.8, 4) is 11.1 Å². The van der Waals surface area contributed by atoms with E-state index in [0.29, 0.717) is 6.42 Å². The Balaban J connectivity index is 0.00000200. The molecular weight excluding hydrogens is 290 g/mol. The summed E-state index contributed by atoms with van der Waals surface area (Å²) in [4.78, 5) is 1.27. The molecule has 0 amide bonds. The van der Waals surface area contributed by atoms with Crippen molar-refractivity contribution in [3.63, 3.8) is 0 Å². The first-order valence-corrected chi connectivity index (χ1v) is 7.55. The largest absolute Gasteiger partial charge is 0.395 e. The second-order valence-corrected chi connectivity index (χ2v) is 5.45. The van der Waals surface area contributed by atoms with Gasteiger partial charge in [-0.05, 0) is 41.5 Å². The highest BCUT2D eigenvalue weighted by molar-refractivity contribution is 7.98. The van der Waals surface area contributed by atoms with Crippen LogP contribution < -0.4 is 5.73 Å². The lowest BCUT2D eigenvalue weighted by Crippen LogP contribution is -2.26. The molecule has 0 aliphatic carbocycles. The topological polar surface area (TPSA) is 46.2 Å². The first-order valence-electron chi connectivity index (χ1n) is 6.32. The summed E-state index contributed by atoms with van der Waals surface area (Å²) in [5.41, 5.74) is 9.31. The van der Waals surface area contributed by atoms with Gasteiger partial charge in [-0.1, -0.05) is 36.4 Å². The first-order chi connectivity index (χ1) is 9.22. The lowest BCUT2D eigenvalue weighted by molar-refractivity contribution is 0.265. The normalized spacial score (nSPS) is 11.8. The summed E-state index contributed by atoms with van der Waals surface area (Å²) >= 11 is 1.75. The van der Waals surface area contributed by atoms with Crippen molar-refractivity contribution >= 4 is 24.2 Å². The summed E-state index contributed by atoms with van der Waals surface area (Å²) in [6.07, 6.45) is 2.79. The molecule has 108 valence electrons. The standard InChI is InChI=1S/C16H19NOS.ClH/c1-19-16-8-6-14(7-9-16)13-4-2-12(3-5-13)10-15(17)11-18;/h2-9,15,18H,10-11,17H2,1H3;1H. The van der Waals surface area contributed by atoms with Gasteiger partial charge in [-0.25, -0.2) is 0 Å². The highest BCUT2D eigenvalue weighted by Gasteiger charge is 2.03. The second-order valence-electron chi connectivity index (χ2n) is 4.57. The van der Waals surface area contributed by atoms with Crippen LogP contribution in [0.4, 0.5) is 0 Å². The zero-order valence-corrected chi connectivity index (χ0v) is 13.1. The van der Waals surface area contributed by atoms with Gasteiger partial charge in [0, 0.05) is 10.9 Å². The molecule has 2 rings (SSSR count). The Hall–Kier alpha value is -1.00. The molecule has 1 atom stereocenters. The molecule has 0 spiro atoms. The predicted octanol–water partition coefficient (Wildman–Crippen LogP) is 3.36. The second kappa shape index (κ2) is 8.32. The van der Waals surface area contributed by atoms with Crippen LogP contribution in [-0.2, 0) is 6.42 Å². The number of aliphatic hydroxyl groups excluding tert-OH is 1. The van der Waals surface area contributed by atoms with Gasteiger partial charge in [0.2, 0.25) is 0 Å². The van der Waals surface area contributed by atoms with Gasteiger partial charge in [-0.2, -0.15) is 0 Å². The Morgan fingerprint density at radius 1 is 1.00 bits per heavy atom. The molecule has 2 nitrogen and oxygen atoms in total. The smallest absolute Gasteiger partial charge is 0.0585 e. The first kappa shape index (κ1) is 17.1. The average molecular weight is 310 g/mol. The SMILES string of the molecule is CSc1ccc(-c2ccc(CC(N)CO)cc2)cc1.Cl. The molecule has 0 saturated carbocycles. The summed E-state index contributed by atoms with van der Waals surface area (Å²) in [6.45, 7) is 0.0257. The Labute approximate surface area is 130 Å². The average Bonchev–Trinajstić information content (AvgIpc) is 2.48. The quantitative estimate of drug-likeness (QED) is 0.833. The van der Waals surface area contributed by atoms with Crippen molar-refractivity contribution in [3.05, 3.63) is 54.1 Å². The summed E-state index contributed by atoms with van der Waals surface area (Å²) in [6, 6.07) is 16.7. The lowest BCUT2D eigenvalue weighted by Gasteiger charge is -2.09. The fourth-order valence-electron chi connectivity index (χ4n) is 1.98. The monoisotopic (exact) mass is 309 g/mol. The minimum Gasteiger partial charge on any atom is -0.395 e. The molecule has 2 aromatic rings. The van der Waals surface area contributed by atoms with Crippen LogP contribution in [-0.4, -0.2) is 24.0 Å². The van der Waals surface area contributed by atoms with Crippen LogP contribution in [0.3, 0.4) is 0 Å². The van der Waals surface area contributed by atoms with E-state index in [1.165, 1.54) is 16.0 Å². The van der Waals surface area contributed by atoms with Gasteiger partial charge < -0.3 is 10.8 Å². The fourth-order valence-corrected chi connectivity index (χ4v) is 2.39. The molecular formula is C16H20ClNOS. The predicted molar refractivity (Wildman–Crippen MR) is 89.7 cm³/mol. The van der Waals surface area contributed by atoms with Crippen LogP contribution in [0.1, 0.15) is 5.56 Å². The maximum Gasteiger partial charge on any atom is 0.0585 e. The van der Waals surface area contributed by atoms with Gasteiger partial charge in [0.15, 0.2) is 0 Å². The van der Waals surface area contributed by atoms with Gasteiger partial charge in [0.25, 0.3) is 0 Å². The Morgan fingerprint density at radius 2 is 1.50 bits per heavy atom. The zero-order chi connectivity index (χ0) is 13.7. The van der Waals surface area contributed by atoms with Crippen LogP contribution in [0.25, 0.3) is 11.1 Å². The summed E-state index contributed by atoms with van der Waals surface area (Å²) in [7, 11) is 0. The van der Waals surface area contributed by atoms with E-state index >= 15 is 0 Å². The molecule has 0 bridgehead atoms. The number of hydrogen-bond acceptors (Lipinski definition) is 3. The lowest BCUT2D eigenvalue weighted by atomic mass is 10.0. The molecule has 0 fully saturated rings. The van der Waals surface area contributed by atoms with Crippen molar-refractivity contribution in [2.24, 2.45) is 5.73 Å². The van der Waals surface area contributed by atoms with E-state index in [2.05, 4.69) is 54.8 Å². The third-order valence-electron chi connectivity index (χ3n) is 3.11. The fraction of sp³-hybridized carbons (Fsp3) is 0.250. The van der Waals surface area contributed by atoms with Crippen molar-refractivity contribution in [1.29, 1.82) is 0 Å². The molecule has 0 aromatic heterocycles. The van der Waals surface area contributed by atoms with Crippen LogP contribution >= 0.6 is 24.2 Å².